The average Bonchev–Trinajstić information content (AvgIpc) is 2.81. The van der Waals surface area contributed by atoms with Crippen LogP contribution in [0.25, 0.3) is 0 Å². The van der Waals surface area contributed by atoms with Crippen LogP contribution in [-0.4, -0.2) is 21.8 Å². The molecule has 4 nitrogen and oxygen atoms in total. The van der Waals surface area contributed by atoms with Gasteiger partial charge < -0.3 is 5.32 Å². The van der Waals surface area contributed by atoms with Gasteiger partial charge >= 0.3 is 0 Å². The van der Waals surface area contributed by atoms with E-state index in [1.807, 2.05) is 37.2 Å². The Morgan fingerprint density at radius 1 is 1.39 bits per heavy atom. The van der Waals surface area contributed by atoms with Crippen molar-refractivity contribution in [2.45, 2.75) is 25.8 Å². The monoisotopic (exact) mass is 244 g/mol. The van der Waals surface area contributed by atoms with Gasteiger partial charge in [-0.1, -0.05) is 13.0 Å². The van der Waals surface area contributed by atoms with E-state index in [4.69, 9.17) is 0 Å². The number of nitrogens with zero attached hydrogens (tertiary/aromatic N) is 3. The van der Waals surface area contributed by atoms with E-state index in [1.54, 1.807) is 0 Å². The molecule has 2 aromatic heterocycles. The van der Waals surface area contributed by atoms with E-state index in [-0.39, 0.29) is 6.04 Å². The highest BCUT2D eigenvalue weighted by atomic mass is 15.2. The second kappa shape index (κ2) is 5.78. The van der Waals surface area contributed by atoms with E-state index < -0.39 is 0 Å². The van der Waals surface area contributed by atoms with E-state index >= 15 is 0 Å². The summed E-state index contributed by atoms with van der Waals surface area (Å²) in [6.07, 6.45) is 5.70. The van der Waals surface area contributed by atoms with Gasteiger partial charge in [0, 0.05) is 25.9 Å². The number of aromatic nitrogens is 3. The Morgan fingerprint density at radius 2 is 2.22 bits per heavy atom. The fourth-order valence-electron chi connectivity index (χ4n) is 2.18. The van der Waals surface area contributed by atoms with Crippen molar-refractivity contribution < 1.29 is 0 Å². The summed E-state index contributed by atoms with van der Waals surface area (Å²) in [6.45, 7) is 2.16. The second-order valence-corrected chi connectivity index (χ2v) is 4.43. The molecule has 0 amide bonds. The largest absolute Gasteiger partial charge is 0.311 e. The molecule has 1 atom stereocenters. The highest BCUT2D eigenvalue weighted by Crippen LogP contribution is 2.19. The Labute approximate surface area is 108 Å². The Morgan fingerprint density at radius 3 is 2.83 bits per heavy atom. The molecular formula is C14H20N4. The third-order valence-electron chi connectivity index (χ3n) is 3.17. The Hall–Kier alpha value is -1.68. The molecule has 0 radical (unpaired) electrons. The van der Waals surface area contributed by atoms with Gasteiger partial charge in [-0.25, -0.2) is 0 Å². The van der Waals surface area contributed by atoms with Gasteiger partial charge in [-0.15, -0.1) is 0 Å². The van der Waals surface area contributed by atoms with Gasteiger partial charge in [0.15, 0.2) is 0 Å². The van der Waals surface area contributed by atoms with Gasteiger partial charge in [0.05, 0.1) is 17.4 Å². The first-order valence-electron chi connectivity index (χ1n) is 6.34. The van der Waals surface area contributed by atoms with Crippen LogP contribution in [0.4, 0.5) is 0 Å². The van der Waals surface area contributed by atoms with Crippen LogP contribution in [-0.2, 0) is 19.9 Å². The summed E-state index contributed by atoms with van der Waals surface area (Å²) in [5.41, 5.74) is 3.52. The van der Waals surface area contributed by atoms with Crippen molar-refractivity contribution in [2.24, 2.45) is 7.05 Å². The molecule has 0 saturated heterocycles. The van der Waals surface area contributed by atoms with Gasteiger partial charge in [-0.3, -0.25) is 9.67 Å². The minimum Gasteiger partial charge on any atom is -0.311 e. The molecule has 96 valence electrons. The average molecular weight is 244 g/mol. The van der Waals surface area contributed by atoms with Gasteiger partial charge in [0.25, 0.3) is 0 Å². The van der Waals surface area contributed by atoms with Crippen molar-refractivity contribution >= 4 is 0 Å². The predicted molar refractivity (Wildman–Crippen MR) is 72.3 cm³/mol. The van der Waals surface area contributed by atoms with Crippen LogP contribution < -0.4 is 5.32 Å². The zero-order chi connectivity index (χ0) is 13.0. The molecule has 0 fully saturated rings. The quantitative estimate of drug-likeness (QED) is 0.873. The summed E-state index contributed by atoms with van der Waals surface area (Å²) in [4.78, 5) is 4.53. The number of likely N-dealkylation sites (N-methyl/N-ethyl adjacent to an activating group) is 1. The zero-order valence-corrected chi connectivity index (χ0v) is 11.2. The Bertz CT molecular complexity index is 504. The van der Waals surface area contributed by atoms with E-state index in [1.165, 1.54) is 5.56 Å². The minimum atomic E-state index is 0.219. The van der Waals surface area contributed by atoms with Crippen LogP contribution in [0, 0.1) is 0 Å². The fourth-order valence-corrected chi connectivity index (χ4v) is 2.18. The van der Waals surface area contributed by atoms with Crippen molar-refractivity contribution in [1.82, 2.24) is 20.1 Å². The van der Waals surface area contributed by atoms with E-state index in [0.717, 1.165) is 24.2 Å². The molecule has 2 aromatic rings. The first-order valence-corrected chi connectivity index (χ1v) is 6.34. The minimum absolute atomic E-state index is 0.219. The maximum absolute atomic E-state index is 4.53. The summed E-state index contributed by atoms with van der Waals surface area (Å²) < 4.78 is 1.83. The van der Waals surface area contributed by atoms with Crippen LogP contribution >= 0.6 is 0 Å². The molecule has 1 N–H and O–H groups in total. The molecule has 4 heteroatoms. The summed E-state index contributed by atoms with van der Waals surface area (Å²) in [7, 11) is 3.91. The van der Waals surface area contributed by atoms with Crippen LogP contribution in [0.2, 0.25) is 0 Å². The highest BCUT2D eigenvalue weighted by Gasteiger charge is 2.15. The maximum atomic E-state index is 4.53. The smallest absolute Gasteiger partial charge is 0.0644 e. The number of aryl methyl sites for hydroxylation is 2. The number of rotatable bonds is 5. The molecule has 2 rings (SSSR count). The molecule has 18 heavy (non-hydrogen) atoms. The van der Waals surface area contributed by atoms with Gasteiger partial charge in [0.1, 0.15) is 0 Å². The lowest BCUT2D eigenvalue weighted by Gasteiger charge is -2.17. The standard InChI is InChI=1S/C14H20N4/c1-4-11-6-5-8-16-14(11)13(15-2)10-12-7-9-18(3)17-12/h5-9,13,15H,4,10H2,1-3H3. The van der Waals surface area contributed by atoms with Crippen molar-refractivity contribution in [3.8, 4) is 0 Å². The normalized spacial score (nSPS) is 12.6. The summed E-state index contributed by atoms with van der Waals surface area (Å²) in [5, 5.41) is 7.77. The first-order chi connectivity index (χ1) is 8.74. The zero-order valence-electron chi connectivity index (χ0n) is 11.2. The van der Waals surface area contributed by atoms with E-state index in [0.29, 0.717) is 0 Å². The number of pyridine rings is 1. The van der Waals surface area contributed by atoms with Gasteiger partial charge in [0.2, 0.25) is 0 Å². The summed E-state index contributed by atoms with van der Waals surface area (Å²) >= 11 is 0. The summed E-state index contributed by atoms with van der Waals surface area (Å²) in [6, 6.07) is 6.41. The topological polar surface area (TPSA) is 42.7 Å². The molecule has 0 aliphatic rings. The molecule has 2 heterocycles. The fraction of sp³-hybridized carbons (Fsp3) is 0.429. The molecular weight excluding hydrogens is 224 g/mol. The Balaban J connectivity index is 2.22. The molecule has 0 aromatic carbocycles. The Kier molecular flexibility index (Phi) is 4.10. The van der Waals surface area contributed by atoms with Crippen LogP contribution in [0.5, 0.6) is 0 Å². The number of hydrogen-bond acceptors (Lipinski definition) is 3. The molecule has 0 aliphatic heterocycles. The predicted octanol–water partition coefficient (Wildman–Crippen LogP) is 1.88. The van der Waals surface area contributed by atoms with Gasteiger partial charge in [-0.05, 0) is 31.2 Å². The van der Waals surface area contributed by atoms with Gasteiger partial charge in [-0.2, -0.15) is 5.10 Å². The van der Waals surface area contributed by atoms with Crippen molar-refractivity contribution in [1.29, 1.82) is 0 Å². The third kappa shape index (κ3) is 2.76. The number of hydrogen-bond donors (Lipinski definition) is 1. The SMILES string of the molecule is CCc1cccnc1C(Cc1ccn(C)n1)NC. The van der Waals surface area contributed by atoms with E-state index in [2.05, 4.69) is 34.5 Å². The molecule has 0 aliphatic carbocycles. The molecule has 1 unspecified atom stereocenters. The van der Waals surface area contributed by atoms with Crippen molar-refractivity contribution in [2.75, 3.05) is 7.05 Å². The molecule has 0 spiro atoms. The third-order valence-corrected chi connectivity index (χ3v) is 3.17. The van der Waals surface area contributed by atoms with Crippen LogP contribution in [0.15, 0.2) is 30.6 Å². The first kappa shape index (κ1) is 12.8. The molecule has 0 saturated carbocycles. The lowest BCUT2D eigenvalue weighted by atomic mass is 10.0. The number of nitrogens with one attached hydrogen (secondary N) is 1. The summed E-state index contributed by atoms with van der Waals surface area (Å²) in [5.74, 6) is 0. The van der Waals surface area contributed by atoms with E-state index in [9.17, 15) is 0 Å². The lowest BCUT2D eigenvalue weighted by Crippen LogP contribution is -2.21. The van der Waals surface area contributed by atoms with Crippen molar-refractivity contribution in [3.63, 3.8) is 0 Å². The second-order valence-electron chi connectivity index (χ2n) is 4.43. The van der Waals surface area contributed by atoms with Crippen LogP contribution in [0.1, 0.15) is 29.9 Å². The lowest BCUT2D eigenvalue weighted by molar-refractivity contribution is 0.557. The van der Waals surface area contributed by atoms with Crippen LogP contribution in [0.3, 0.4) is 0 Å². The van der Waals surface area contributed by atoms with Crippen molar-refractivity contribution in [3.05, 3.63) is 47.5 Å². The molecule has 0 bridgehead atoms. The highest BCUT2D eigenvalue weighted by molar-refractivity contribution is 5.24. The maximum Gasteiger partial charge on any atom is 0.0644 e.